The molecule has 1 unspecified atom stereocenters. The number of nitrogens with two attached hydrogens (primary N) is 1. The summed E-state index contributed by atoms with van der Waals surface area (Å²) in [4.78, 5) is 11.4. The molecule has 92 valence electrons. The second-order valence-electron chi connectivity index (χ2n) is 4.43. The van der Waals surface area contributed by atoms with Gasteiger partial charge >= 0.3 is 0 Å². The van der Waals surface area contributed by atoms with Crippen LogP contribution in [0.1, 0.15) is 36.3 Å². The number of rotatable bonds is 3. The first-order chi connectivity index (χ1) is 8.24. The van der Waals surface area contributed by atoms with Crippen LogP contribution in [0.4, 0.5) is 0 Å². The van der Waals surface area contributed by atoms with Gasteiger partial charge in [-0.15, -0.1) is 0 Å². The van der Waals surface area contributed by atoms with Crippen LogP contribution in [0.25, 0.3) is 0 Å². The SMILES string of the molecule is COc1ccc2c(c1)C(CC(=O)NN)CCC2. The van der Waals surface area contributed by atoms with Crippen molar-refractivity contribution in [3.8, 4) is 5.75 Å². The van der Waals surface area contributed by atoms with Crippen LogP contribution in [0.5, 0.6) is 5.75 Å². The number of hydrogen-bond donors (Lipinski definition) is 2. The summed E-state index contributed by atoms with van der Waals surface area (Å²) in [6.07, 6.45) is 3.70. The number of amides is 1. The zero-order valence-electron chi connectivity index (χ0n) is 10.0. The average Bonchev–Trinajstić information content (AvgIpc) is 2.38. The Morgan fingerprint density at radius 2 is 2.41 bits per heavy atom. The molecule has 0 fully saturated rings. The fourth-order valence-electron chi connectivity index (χ4n) is 2.50. The number of nitrogens with one attached hydrogen (secondary N) is 1. The van der Waals surface area contributed by atoms with Gasteiger partial charge in [0.2, 0.25) is 5.91 Å². The molecule has 1 aromatic carbocycles. The molecule has 0 saturated heterocycles. The molecule has 1 amide bonds. The van der Waals surface area contributed by atoms with Crippen molar-refractivity contribution in [3.63, 3.8) is 0 Å². The van der Waals surface area contributed by atoms with E-state index in [4.69, 9.17) is 10.6 Å². The number of hydrazine groups is 1. The highest BCUT2D eigenvalue weighted by atomic mass is 16.5. The van der Waals surface area contributed by atoms with Gasteiger partial charge in [-0.2, -0.15) is 0 Å². The van der Waals surface area contributed by atoms with Gasteiger partial charge in [0.25, 0.3) is 0 Å². The molecule has 0 aromatic heterocycles. The Labute approximate surface area is 101 Å². The van der Waals surface area contributed by atoms with Crippen molar-refractivity contribution in [2.75, 3.05) is 7.11 Å². The smallest absolute Gasteiger partial charge is 0.234 e. The number of aryl methyl sites for hydroxylation is 1. The van der Waals surface area contributed by atoms with E-state index in [1.165, 1.54) is 11.1 Å². The number of ether oxygens (including phenoxy) is 1. The molecule has 4 nitrogen and oxygen atoms in total. The number of carbonyl (C=O) groups excluding carboxylic acids is 1. The van der Waals surface area contributed by atoms with Crippen molar-refractivity contribution in [2.45, 2.75) is 31.6 Å². The van der Waals surface area contributed by atoms with Gasteiger partial charge in [0.1, 0.15) is 5.75 Å². The minimum atomic E-state index is -0.106. The second-order valence-corrected chi connectivity index (χ2v) is 4.43. The zero-order valence-corrected chi connectivity index (χ0v) is 10.0. The molecule has 1 aromatic rings. The third-order valence-electron chi connectivity index (χ3n) is 3.38. The number of hydrogen-bond acceptors (Lipinski definition) is 3. The summed E-state index contributed by atoms with van der Waals surface area (Å²) in [5.41, 5.74) is 4.76. The standard InChI is InChI=1S/C13H18N2O2/c1-17-11-6-5-9-3-2-4-10(12(9)8-11)7-13(16)15-14/h5-6,8,10H,2-4,7,14H2,1H3,(H,15,16). The summed E-state index contributed by atoms with van der Waals surface area (Å²) in [7, 11) is 1.66. The van der Waals surface area contributed by atoms with Crippen molar-refractivity contribution in [2.24, 2.45) is 5.84 Å². The van der Waals surface area contributed by atoms with E-state index >= 15 is 0 Å². The van der Waals surface area contributed by atoms with Crippen LogP contribution >= 0.6 is 0 Å². The van der Waals surface area contributed by atoms with Gasteiger partial charge in [-0.05, 0) is 48.4 Å². The topological polar surface area (TPSA) is 64.3 Å². The highest BCUT2D eigenvalue weighted by Gasteiger charge is 2.22. The van der Waals surface area contributed by atoms with Crippen LogP contribution in [-0.4, -0.2) is 13.0 Å². The minimum Gasteiger partial charge on any atom is -0.497 e. The number of benzene rings is 1. The molecular formula is C13H18N2O2. The van der Waals surface area contributed by atoms with Crippen molar-refractivity contribution < 1.29 is 9.53 Å². The molecule has 2 rings (SSSR count). The molecule has 4 heteroatoms. The summed E-state index contributed by atoms with van der Waals surface area (Å²) in [6, 6.07) is 6.12. The normalized spacial score (nSPS) is 18.4. The Bertz CT molecular complexity index is 418. The highest BCUT2D eigenvalue weighted by Crippen LogP contribution is 2.35. The Morgan fingerprint density at radius 3 is 3.12 bits per heavy atom. The first kappa shape index (κ1) is 11.9. The van der Waals surface area contributed by atoms with E-state index in [1.54, 1.807) is 7.11 Å². The molecule has 0 spiro atoms. The molecule has 3 N–H and O–H groups in total. The lowest BCUT2D eigenvalue weighted by Crippen LogP contribution is -2.31. The third kappa shape index (κ3) is 2.58. The molecule has 1 aliphatic rings. The van der Waals surface area contributed by atoms with Gasteiger partial charge in [-0.25, -0.2) is 5.84 Å². The predicted molar refractivity (Wildman–Crippen MR) is 65.6 cm³/mol. The Hall–Kier alpha value is -1.55. The number of carbonyl (C=O) groups is 1. The van der Waals surface area contributed by atoms with Crippen LogP contribution in [0.2, 0.25) is 0 Å². The van der Waals surface area contributed by atoms with Crippen LogP contribution in [0.3, 0.4) is 0 Å². The Balaban J connectivity index is 2.25. The average molecular weight is 234 g/mol. The predicted octanol–water partition coefficient (Wildman–Crippen LogP) is 1.50. The first-order valence-electron chi connectivity index (χ1n) is 5.91. The molecular weight excluding hydrogens is 216 g/mol. The van der Waals surface area contributed by atoms with Gasteiger partial charge in [0, 0.05) is 6.42 Å². The summed E-state index contributed by atoms with van der Waals surface area (Å²) >= 11 is 0. The monoisotopic (exact) mass is 234 g/mol. The van der Waals surface area contributed by atoms with E-state index in [2.05, 4.69) is 11.5 Å². The maximum atomic E-state index is 11.4. The molecule has 17 heavy (non-hydrogen) atoms. The van der Waals surface area contributed by atoms with Crippen LogP contribution < -0.4 is 16.0 Å². The first-order valence-corrected chi connectivity index (χ1v) is 5.91. The molecule has 0 heterocycles. The second kappa shape index (κ2) is 5.19. The summed E-state index contributed by atoms with van der Waals surface area (Å²) < 4.78 is 5.23. The third-order valence-corrected chi connectivity index (χ3v) is 3.38. The fraction of sp³-hybridized carbons (Fsp3) is 0.462. The lowest BCUT2D eigenvalue weighted by Gasteiger charge is -2.25. The molecule has 1 atom stereocenters. The lowest BCUT2D eigenvalue weighted by atomic mass is 9.81. The largest absolute Gasteiger partial charge is 0.497 e. The summed E-state index contributed by atoms with van der Waals surface area (Å²) in [5.74, 6) is 6.15. The molecule has 0 aliphatic heterocycles. The molecule has 0 saturated carbocycles. The van der Waals surface area contributed by atoms with Gasteiger partial charge in [0.15, 0.2) is 0 Å². The highest BCUT2D eigenvalue weighted by molar-refractivity contribution is 5.76. The van der Waals surface area contributed by atoms with E-state index in [0.717, 1.165) is 25.0 Å². The summed E-state index contributed by atoms with van der Waals surface area (Å²) in [6.45, 7) is 0. The number of fused-ring (bicyclic) bond motifs is 1. The maximum Gasteiger partial charge on any atom is 0.234 e. The van der Waals surface area contributed by atoms with E-state index in [9.17, 15) is 4.79 Å². The number of methoxy groups -OCH3 is 1. The van der Waals surface area contributed by atoms with Crippen molar-refractivity contribution >= 4 is 5.91 Å². The zero-order chi connectivity index (χ0) is 12.3. The molecule has 0 bridgehead atoms. The summed E-state index contributed by atoms with van der Waals surface area (Å²) in [5, 5.41) is 0. The van der Waals surface area contributed by atoms with Crippen molar-refractivity contribution in [1.82, 2.24) is 5.43 Å². The molecule has 0 radical (unpaired) electrons. The van der Waals surface area contributed by atoms with Gasteiger partial charge in [-0.3, -0.25) is 10.2 Å². The van der Waals surface area contributed by atoms with Crippen molar-refractivity contribution in [3.05, 3.63) is 29.3 Å². The lowest BCUT2D eigenvalue weighted by molar-refractivity contribution is -0.121. The fourth-order valence-corrected chi connectivity index (χ4v) is 2.50. The Kier molecular flexibility index (Phi) is 3.64. The Morgan fingerprint density at radius 1 is 1.59 bits per heavy atom. The minimum absolute atomic E-state index is 0.106. The van der Waals surface area contributed by atoms with Gasteiger partial charge < -0.3 is 4.74 Å². The van der Waals surface area contributed by atoms with Gasteiger partial charge in [0.05, 0.1) is 7.11 Å². The van der Waals surface area contributed by atoms with E-state index < -0.39 is 0 Å². The van der Waals surface area contributed by atoms with E-state index in [0.29, 0.717) is 6.42 Å². The maximum absolute atomic E-state index is 11.4. The quantitative estimate of drug-likeness (QED) is 0.473. The van der Waals surface area contributed by atoms with Gasteiger partial charge in [-0.1, -0.05) is 6.07 Å². The van der Waals surface area contributed by atoms with E-state index in [1.807, 2.05) is 12.1 Å². The van der Waals surface area contributed by atoms with Crippen LogP contribution in [0.15, 0.2) is 18.2 Å². The van der Waals surface area contributed by atoms with E-state index in [-0.39, 0.29) is 11.8 Å². The van der Waals surface area contributed by atoms with Crippen molar-refractivity contribution in [1.29, 1.82) is 0 Å². The van der Waals surface area contributed by atoms with Crippen LogP contribution in [-0.2, 0) is 11.2 Å². The molecule has 1 aliphatic carbocycles. The van der Waals surface area contributed by atoms with Crippen LogP contribution in [0, 0.1) is 0 Å².